The van der Waals surface area contributed by atoms with E-state index in [1.54, 1.807) is 26.1 Å². The maximum absolute atomic E-state index is 11.7. The lowest BCUT2D eigenvalue weighted by Crippen LogP contribution is -2.65. The van der Waals surface area contributed by atoms with Crippen molar-refractivity contribution in [3.05, 3.63) is 29.8 Å². The molecule has 0 aliphatic carbocycles. The second-order valence-electron chi connectivity index (χ2n) is 7.24. The van der Waals surface area contributed by atoms with Crippen LogP contribution in [0, 0.1) is 0 Å². The van der Waals surface area contributed by atoms with E-state index in [0.29, 0.717) is 6.61 Å². The Morgan fingerprint density at radius 3 is 2.92 bits per heavy atom. The summed E-state index contributed by atoms with van der Waals surface area (Å²) in [6, 6.07) is 8.17. The van der Waals surface area contributed by atoms with Gasteiger partial charge in [-0.05, 0) is 24.1 Å². The minimum atomic E-state index is -0.108. The summed E-state index contributed by atoms with van der Waals surface area (Å²) in [5.74, 6) is 0.898. The molecule has 138 valence electrons. The van der Waals surface area contributed by atoms with Crippen LogP contribution in [0.5, 0.6) is 5.75 Å². The predicted molar refractivity (Wildman–Crippen MR) is 94.6 cm³/mol. The highest BCUT2D eigenvalue weighted by Gasteiger charge is 2.47. The molecule has 2 heterocycles. The summed E-state index contributed by atoms with van der Waals surface area (Å²) in [5, 5.41) is 0. The Labute approximate surface area is 149 Å². The van der Waals surface area contributed by atoms with E-state index in [0.717, 1.165) is 38.2 Å². The first-order valence-electron chi connectivity index (χ1n) is 8.81. The molecule has 0 bridgehead atoms. The molecule has 1 amide bonds. The maximum atomic E-state index is 11.7. The Balaban J connectivity index is 1.47. The van der Waals surface area contributed by atoms with Crippen LogP contribution in [-0.2, 0) is 20.8 Å². The second-order valence-corrected chi connectivity index (χ2v) is 7.24. The molecule has 2 aliphatic rings. The fourth-order valence-electron chi connectivity index (χ4n) is 3.57. The van der Waals surface area contributed by atoms with E-state index in [4.69, 9.17) is 14.2 Å². The Hall–Kier alpha value is -1.63. The molecule has 1 spiro atoms. The first-order valence-corrected chi connectivity index (χ1v) is 8.81. The summed E-state index contributed by atoms with van der Waals surface area (Å²) in [6.07, 6.45) is 1.83. The van der Waals surface area contributed by atoms with Gasteiger partial charge in [0, 0.05) is 46.8 Å². The number of likely N-dealkylation sites (tertiary alicyclic amines) is 1. The van der Waals surface area contributed by atoms with Crippen LogP contribution in [0.25, 0.3) is 0 Å². The number of methoxy groups -OCH3 is 1. The molecule has 0 radical (unpaired) electrons. The molecular formula is C19H28N2O4. The molecule has 1 aromatic carbocycles. The van der Waals surface area contributed by atoms with Gasteiger partial charge in [0.25, 0.3) is 0 Å². The van der Waals surface area contributed by atoms with Crippen LogP contribution in [0.15, 0.2) is 24.3 Å². The van der Waals surface area contributed by atoms with Crippen molar-refractivity contribution in [3.8, 4) is 5.75 Å². The molecule has 0 saturated carbocycles. The van der Waals surface area contributed by atoms with Gasteiger partial charge in [0.05, 0.1) is 18.8 Å². The lowest BCUT2D eigenvalue weighted by atomic mass is 9.84. The monoisotopic (exact) mass is 348 g/mol. The van der Waals surface area contributed by atoms with Gasteiger partial charge in [-0.15, -0.1) is 0 Å². The number of hydrogen-bond donors (Lipinski definition) is 0. The highest BCUT2D eigenvalue weighted by atomic mass is 16.5. The largest absolute Gasteiger partial charge is 0.497 e. The van der Waals surface area contributed by atoms with Gasteiger partial charge in [-0.3, -0.25) is 9.69 Å². The smallest absolute Gasteiger partial charge is 0.248 e. The standard InChI is InChI=1S/C19H28N2O4/c1-20(2)18(22)12-24-17-7-8-25-19(10-17)13-21(14-19)11-15-5-4-6-16(9-15)23-3/h4-6,9,17H,7-8,10-14H2,1-3H3/t17-/m1/s1. The zero-order valence-corrected chi connectivity index (χ0v) is 15.4. The van der Waals surface area contributed by atoms with Crippen LogP contribution in [0.4, 0.5) is 0 Å². The van der Waals surface area contributed by atoms with E-state index in [1.807, 2.05) is 12.1 Å². The predicted octanol–water partition coefficient (Wildman–Crippen LogP) is 1.53. The number of carbonyl (C=O) groups is 1. The lowest BCUT2D eigenvalue weighted by Gasteiger charge is -2.53. The van der Waals surface area contributed by atoms with E-state index in [1.165, 1.54) is 5.56 Å². The number of carbonyl (C=O) groups excluding carboxylic acids is 1. The third-order valence-electron chi connectivity index (χ3n) is 4.95. The van der Waals surface area contributed by atoms with Crippen LogP contribution >= 0.6 is 0 Å². The number of likely N-dealkylation sites (N-methyl/N-ethyl adjacent to an activating group) is 1. The third kappa shape index (κ3) is 4.51. The average molecular weight is 348 g/mol. The molecule has 6 nitrogen and oxygen atoms in total. The highest BCUT2D eigenvalue weighted by molar-refractivity contribution is 5.76. The molecule has 2 saturated heterocycles. The topological polar surface area (TPSA) is 51.2 Å². The summed E-state index contributed by atoms with van der Waals surface area (Å²) in [5.41, 5.74) is 1.14. The van der Waals surface area contributed by atoms with Crippen molar-refractivity contribution in [1.82, 2.24) is 9.80 Å². The average Bonchev–Trinajstić information content (AvgIpc) is 2.58. The van der Waals surface area contributed by atoms with Crippen LogP contribution < -0.4 is 4.74 Å². The number of ether oxygens (including phenoxy) is 3. The van der Waals surface area contributed by atoms with Crippen molar-refractivity contribution in [3.63, 3.8) is 0 Å². The van der Waals surface area contributed by atoms with Gasteiger partial charge in [0.2, 0.25) is 5.91 Å². The summed E-state index contributed by atoms with van der Waals surface area (Å²) in [7, 11) is 5.19. The molecule has 3 rings (SSSR count). The number of hydrogen-bond acceptors (Lipinski definition) is 5. The first-order chi connectivity index (χ1) is 12.0. The molecule has 1 aromatic rings. The Kier molecular flexibility index (Phi) is 5.61. The molecule has 25 heavy (non-hydrogen) atoms. The van der Waals surface area contributed by atoms with Gasteiger partial charge >= 0.3 is 0 Å². The van der Waals surface area contributed by atoms with Crippen LogP contribution in [0.2, 0.25) is 0 Å². The van der Waals surface area contributed by atoms with E-state index in [-0.39, 0.29) is 24.2 Å². The van der Waals surface area contributed by atoms with Crippen LogP contribution in [-0.4, -0.2) is 74.9 Å². The normalized spacial score (nSPS) is 22.4. The van der Waals surface area contributed by atoms with Crippen molar-refractivity contribution in [1.29, 1.82) is 0 Å². The molecule has 0 aromatic heterocycles. The van der Waals surface area contributed by atoms with Gasteiger partial charge in [0.1, 0.15) is 12.4 Å². The third-order valence-corrected chi connectivity index (χ3v) is 4.95. The molecule has 6 heteroatoms. The minimum Gasteiger partial charge on any atom is -0.497 e. The fourth-order valence-corrected chi connectivity index (χ4v) is 3.57. The van der Waals surface area contributed by atoms with Crippen molar-refractivity contribution in [2.24, 2.45) is 0 Å². The summed E-state index contributed by atoms with van der Waals surface area (Å²) >= 11 is 0. The van der Waals surface area contributed by atoms with Gasteiger partial charge in [-0.25, -0.2) is 0 Å². The van der Waals surface area contributed by atoms with Gasteiger partial charge in [0.15, 0.2) is 0 Å². The number of amides is 1. The zero-order valence-electron chi connectivity index (χ0n) is 15.4. The minimum absolute atomic E-state index is 0.00815. The number of benzene rings is 1. The van der Waals surface area contributed by atoms with Crippen LogP contribution in [0.1, 0.15) is 18.4 Å². The molecule has 1 atom stereocenters. The Morgan fingerprint density at radius 1 is 1.40 bits per heavy atom. The molecule has 2 aliphatic heterocycles. The highest BCUT2D eigenvalue weighted by Crippen LogP contribution is 2.36. The molecule has 0 N–H and O–H groups in total. The number of rotatable bonds is 6. The van der Waals surface area contributed by atoms with E-state index >= 15 is 0 Å². The van der Waals surface area contributed by atoms with E-state index in [2.05, 4.69) is 17.0 Å². The van der Waals surface area contributed by atoms with Gasteiger partial charge in [-0.1, -0.05) is 12.1 Å². The van der Waals surface area contributed by atoms with E-state index < -0.39 is 0 Å². The molecule has 0 unspecified atom stereocenters. The molecule has 2 fully saturated rings. The summed E-state index contributed by atoms with van der Waals surface area (Å²) in [6.45, 7) is 3.57. The van der Waals surface area contributed by atoms with Gasteiger partial charge in [-0.2, -0.15) is 0 Å². The lowest BCUT2D eigenvalue weighted by molar-refractivity contribution is -0.200. The maximum Gasteiger partial charge on any atom is 0.248 e. The SMILES string of the molecule is COc1cccc(CN2CC3(C[C@H](OCC(=O)N(C)C)CCO3)C2)c1. The summed E-state index contributed by atoms with van der Waals surface area (Å²) in [4.78, 5) is 15.6. The van der Waals surface area contributed by atoms with E-state index in [9.17, 15) is 4.79 Å². The van der Waals surface area contributed by atoms with Gasteiger partial charge < -0.3 is 19.1 Å². The van der Waals surface area contributed by atoms with Crippen LogP contribution in [0.3, 0.4) is 0 Å². The first kappa shape index (κ1) is 18.2. The summed E-state index contributed by atoms with van der Waals surface area (Å²) < 4.78 is 17.2. The Bertz CT molecular complexity index is 599. The zero-order chi connectivity index (χ0) is 17.9. The van der Waals surface area contributed by atoms with Crippen molar-refractivity contribution in [2.45, 2.75) is 31.1 Å². The van der Waals surface area contributed by atoms with Crippen molar-refractivity contribution < 1.29 is 19.0 Å². The fraction of sp³-hybridized carbons (Fsp3) is 0.632. The Morgan fingerprint density at radius 2 is 2.20 bits per heavy atom. The second kappa shape index (κ2) is 7.72. The molecular weight excluding hydrogens is 320 g/mol. The van der Waals surface area contributed by atoms with Crippen molar-refractivity contribution >= 4 is 5.91 Å². The number of nitrogens with zero attached hydrogens (tertiary/aromatic N) is 2. The quantitative estimate of drug-likeness (QED) is 0.780. The van der Waals surface area contributed by atoms with Crippen molar-refractivity contribution in [2.75, 3.05) is 47.5 Å².